The molecule has 1 aromatic rings. The van der Waals surface area contributed by atoms with Gasteiger partial charge in [-0.3, -0.25) is 0 Å². The number of rotatable bonds is 5. The number of benzene rings is 1. The van der Waals surface area contributed by atoms with Crippen molar-refractivity contribution in [2.24, 2.45) is 5.92 Å². The van der Waals surface area contributed by atoms with Gasteiger partial charge in [-0.05, 0) is 62.8 Å². The molecule has 0 unspecified atom stereocenters. The van der Waals surface area contributed by atoms with Crippen LogP contribution in [-0.4, -0.2) is 30.1 Å². The molecule has 3 saturated carbocycles. The molecular weight excluding hydrogens is 272 g/mol. The predicted octanol–water partition coefficient (Wildman–Crippen LogP) is 3.98. The zero-order valence-corrected chi connectivity index (χ0v) is 13.7. The Hall–Kier alpha value is -1.51. The topological polar surface area (TPSA) is 32.3 Å². The van der Waals surface area contributed by atoms with E-state index in [2.05, 4.69) is 29.6 Å². The van der Waals surface area contributed by atoms with Gasteiger partial charge in [0.15, 0.2) is 0 Å². The van der Waals surface area contributed by atoms with Crippen molar-refractivity contribution in [3.05, 3.63) is 35.9 Å². The van der Waals surface area contributed by atoms with E-state index in [1.807, 2.05) is 18.0 Å². The number of urea groups is 1. The summed E-state index contributed by atoms with van der Waals surface area (Å²) >= 11 is 0. The maximum absolute atomic E-state index is 12.4. The van der Waals surface area contributed by atoms with Crippen LogP contribution in [0.4, 0.5) is 4.79 Å². The molecule has 120 valence electrons. The van der Waals surface area contributed by atoms with E-state index in [-0.39, 0.29) is 11.6 Å². The Morgan fingerprint density at radius 2 is 1.82 bits per heavy atom. The Balaban J connectivity index is 1.43. The smallest absolute Gasteiger partial charge is 0.317 e. The minimum absolute atomic E-state index is 0.119. The first-order valence-electron chi connectivity index (χ1n) is 8.75. The molecule has 2 amide bonds. The van der Waals surface area contributed by atoms with Gasteiger partial charge in [0.2, 0.25) is 0 Å². The largest absolute Gasteiger partial charge is 0.338 e. The fourth-order valence-electron chi connectivity index (χ4n) is 4.20. The van der Waals surface area contributed by atoms with Crippen LogP contribution < -0.4 is 5.32 Å². The number of hydrogen-bond donors (Lipinski definition) is 1. The molecule has 0 spiro atoms. The molecule has 2 bridgehead atoms. The van der Waals surface area contributed by atoms with Crippen molar-refractivity contribution in [2.45, 2.75) is 56.9 Å². The van der Waals surface area contributed by atoms with Gasteiger partial charge < -0.3 is 10.2 Å². The fraction of sp³-hybridized carbons (Fsp3) is 0.632. The number of carbonyl (C=O) groups is 1. The SMILES string of the molecule is CN(C(=O)NCCCc1ccccc1)C12CCC(CC1)CC2. The van der Waals surface area contributed by atoms with Gasteiger partial charge in [0.05, 0.1) is 0 Å². The Kier molecular flexibility index (Phi) is 4.70. The third-order valence-corrected chi connectivity index (χ3v) is 5.83. The first kappa shape index (κ1) is 15.4. The molecule has 3 aliphatic carbocycles. The van der Waals surface area contributed by atoms with Crippen molar-refractivity contribution in [2.75, 3.05) is 13.6 Å². The quantitative estimate of drug-likeness (QED) is 0.820. The van der Waals surface area contributed by atoms with Crippen LogP contribution in [0.3, 0.4) is 0 Å². The first-order chi connectivity index (χ1) is 10.7. The summed E-state index contributed by atoms with van der Waals surface area (Å²) in [7, 11) is 2.00. The fourth-order valence-corrected chi connectivity index (χ4v) is 4.20. The molecule has 3 fully saturated rings. The molecule has 3 aliphatic rings. The molecule has 0 atom stereocenters. The lowest BCUT2D eigenvalue weighted by atomic mass is 9.65. The summed E-state index contributed by atoms with van der Waals surface area (Å²) in [6.07, 6.45) is 9.56. The Morgan fingerprint density at radius 1 is 1.18 bits per heavy atom. The average Bonchev–Trinajstić information content (AvgIpc) is 2.60. The summed E-state index contributed by atoms with van der Waals surface area (Å²) in [4.78, 5) is 14.5. The maximum atomic E-state index is 12.4. The zero-order chi connectivity index (χ0) is 15.4. The molecule has 1 N–H and O–H groups in total. The lowest BCUT2D eigenvalue weighted by Crippen LogP contribution is -2.57. The minimum atomic E-state index is 0.119. The van der Waals surface area contributed by atoms with E-state index in [0.717, 1.165) is 25.3 Å². The maximum Gasteiger partial charge on any atom is 0.317 e. The number of carbonyl (C=O) groups excluding carboxylic acids is 1. The lowest BCUT2D eigenvalue weighted by molar-refractivity contribution is 0.0287. The highest BCUT2D eigenvalue weighted by atomic mass is 16.2. The normalized spacial score (nSPS) is 26.7. The number of hydrogen-bond acceptors (Lipinski definition) is 1. The van der Waals surface area contributed by atoms with Crippen LogP contribution in [0.1, 0.15) is 50.5 Å². The third kappa shape index (κ3) is 3.29. The number of nitrogens with zero attached hydrogens (tertiary/aromatic N) is 1. The van der Waals surface area contributed by atoms with Gasteiger partial charge in [0.25, 0.3) is 0 Å². The summed E-state index contributed by atoms with van der Waals surface area (Å²) in [6, 6.07) is 10.6. The second-order valence-electron chi connectivity index (χ2n) is 7.09. The van der Waals surface area contributed by atoms with Crippen LogP contribution in [0.15, 0.2) is 30.3 Å². The molecule has 0 radical (unpaired) electrons. The summed E-state index contributed by atoms with van der Waals surface area (Å²) in [5.74, 6) is 0.934. The van der Waals surface area contributed by atoms with Crippen molar-refractivity contribution in [3.63, 3.8) is 0 Å². The highest BCUT2D eigenvalue weighted by molar-refractivity contribution is 5.74. The summed E-state index contributed by atoms with van der Waals surface area (Å²) in [5.41, 5.74) is 1.49. The molecular formula is C19H28N2O. The average molecular weight is 300 g/mol. The molecule has 1 aromatic carbocycles. The van der Waals surface area contributed by atoms with Gasteiger partial charge in [0.1, 0.15) is 0 Å². The van der Waals surface area contributed by atoms with E-state index in [4.69, 9.17) is 0 Å². The molecule has 0 aromatic heterocycles. The second kappa shape index (κ2) is 6.72. The van der Waals surface area contributed by atoms with Gasteiger partial charge in [-0.1, -0.05) is 30.3 Å². The highest BCUT2D eigenvalue weighted by Crippen LogP contribution is 2.47. The zero-order valence-electron chi connectivity index (χ0n) is 13.7. The number of amides is 2. The summed E-state index contributed by atoms with van der Waals surface area (Å²) < 4.78 is 0. The van der Waals surface area contributed by atoms with Gasteiger partial charge in [-0.15, -0.1) is 0 Å². The molecule has 0 saturated heterocycles. The van der Waals surface area contributed by atoms with Crippen LogP contribution in [0, 0.1) is 5.92 Å². The highest BCUT2D eigenvalue weighted by Gasteiger charge is 2.44. The van der Waals surface area contributed by atoms with Crippen molar-refractivity contribution >= 4 is 6.03 Å². The molecule has 0 heterocycles. The van der Waals surface area contributed by atoms with Gasteiger partial charge in [0, 0.05) is 19.1 Å². The molecule has 0 aliphatic heterocycles. The van der Waals surface area contributed by atoms with Crippen LogP contribution >= 0.6 is 0 Å². The van der Waals surface area contributed by atoms with Crippen molar-refractivity contribution in [1.82, 2.24) is 10.2 Å². The van der Waals surface area contributed by atoms with E-state index < -0.39 is 0 Å². The first-order valence-corrected chi connectivity index (χ1v) is 8.75. The van der Waals surface area contributed by atoms with Crippen molar-refractivity contribution in [3.8, 4) is 0 Å². The Bertz CT molecular complexity index is 478. The van der Waals surface area contributed by atoms with Gasteiger partial charge in [-0.2, -0.15) is 0 Å². The summed E-state index contributed by atoms with van der Waals surface area (Å²) in [6.45, 7) is 0.761. The van der Waals surface area contributed by atoms with Crippen LogP contribution in [0.5, 0.6) is 0 Å². The standard InChI is InChI=1S/C19H28N2O/c1-21(19-12-9-17(10-13-19)11-14-19)18(22)20-15-5-8-16-6-3-2-4-7-16/h2-4,6-7,17H,5,8-15H2,1H3,(H,20,22). The van der Waals surface area contributed by atoms with E-state index >= 15 is 0 Å². The van der Waals surface area contributed by atoms with Crippen LogP contribution in [-0.2, 0) is 6.42 Å². The van der Waals surface area contributed by atoms with E-state index in [0.29, 0.717) is 0 Å². The van der Waals surface area contributed by atoms with Gasteiger partial charge >= 0.3 is 6.03 Å². The number of nitrogens with one attached hydrogen (secondary N) is 1. The predicted molar refractivity (Wildman–Crippen MR) is 89.8 cm³/mol. The van der Waals surface area contributed by atoms with E-state index in [1.165, 1.54) is 44.1 Å². The molecule has 3 nitrogen and oxygen atoms in total. The molecule has 4 rings (SSSR count). The van der Waals surface area contributed by atoms with Crippen LogP contribution in [0.25, 0.3) is 0 Å². The number of fused-ring (bicyclic) bond motifs is 3. The van der Waals surface area contributed by atoms with Crippen LogP contribution in [0.2, 0.25) is 0 Å². The molecule has 22 heavy (non-hydrogen) atoms. The van der Waals surface area contributed by atoms with E-state index in [9.17, 15) is 4.79 Å². The Morgan fingerprint density at radius 3 is 2.45 bits per heavy atom. The van der Waals surface area contributed by atoms with Gasteiger partial charge in [-0.25, -0.2) is 4.79 Å². The Labute approximate surface area is 134 Å². The second-order valence-corrected chi connectivity index (χ2v) is 7.09. The molecule has 3 heteroatoms. The minimum Gasteiger partial charge on any atom is -0.338 e. The van der Waals surface area contributed by atoms with Crippen molar-refractivity contribution in [1.29, 1.82) is 0 Å². The summed E-state index contributed by atoms with van der Waals surface area (Å²) in [5, 5.41) is 3.11. The van der Waals surface area contributed by atoms with Crippen molar-refractivity contribution < 1.29 is 4.79 Å². The lowest BCUT2D eigenvalue weighted by Gasteiger charge is -2.51. The number of aryl methyl sites for hydroxylation is 1. The third-order valence-electron chi connectivity index (χ3n) is 5.83. The van der Waals surface area contributed by atoms with E-state index in [1.54, 1.807) is 0 Å². The monoisotopic (exact) mass is 300 g/mol.